The van der Waals surface area contributed by atoms with E-state index in [1.54, 1.807) is 0 Å². The maximum absolute atomic E-state index is 11.7. The average Bonchev–Trinajstić information content (AvgIpc) is 2.50. The third-order valence-electron chi connectivity index (χ3n) is 2.45. The molecule has 1 rings (SSSR count). The van der Waals surface area contributed by atoms with Gasteiger partial charge in [-0.05, 0) is 20.9 Å². The lowest BCUT2D eigenvalue weighted by atomic mass is 10.1. The zero-order valence-electron chi connectivity index (χ0n) is 9.64. The van der Waals surface area contributed by atoms with Crippen LogP contribution < -0.4 is 10.6 Å². The van der Waals surface area contributed by atoms with Gasteiger partial charge in [-0.3, -0.25) is 9.89 Å². The van der Waals surface area contributed by atoms with Crippen molar-refractivity contribution in [3.05, 3.63) is 11.3 Å². The molecule has 1 unspecified atom stereocenters. The molecule has 0 aliphatic heterocycles. The molecule has 1 aromatic rings. The van der Waals surface area contributed by atoms with Crippen molar-refractivity contribution in [1.82, 2.24) is 15.5 Å². The Morgan fingerprint density at radius 2 is 2.20 bits per heavy atom. The summed E-state index contributed by atoms with van der Waals surface area (Å²) in [5.74, 6) is 0.547. The molecule has 5 heteroatoms. The van der Waals surface area contributed by atoms with Crippen LogP contribution in [0.4, 0.5) is 5.82 Å². The predicted molar refractivity (Wildman–Crippen MR) is 59.8 cm³/mol. The lowest BCUT2D eigenvalue weighted by Gasteiger charge is -2.10. The van der Waals surface area contributed by atoms with Crippen molar-refractivity contribution < 1.29 is 4.79 Å². The maximum atomic E-state index is 11.7. The Kier molecular flexibility index (Phi) is 3.85. The second-order valence-corrected chi connectivity index (χ2v) is 3.77. The first kappa shape index (κ1) is 11.7. The molecule has 3 N–H and O–H groups in total. The molecule has 0 aromatic carbocycles. The van der Waals surface area contributed by atoms with Gasteiger partial charge in [-0.15, -0.1) is 0 Å². The number of rotatable bonds is 4. The van der Waals surface area contributed by atoms with Crippen molar-refractivity contribution in [1.29, 1.82) is 0 Å². The average molecular weight is 210 g/mol. The molecule has 0 spiro atoms. The molecule has 5 nitrogen and oxygen atoms in total. The van der Waals surface area contributed by atoms with E-state index in [0.717, 1.165) is 11.3 Å². The van der Waals surface area contributed by atoms with E-state index in [1.165, 1.54) is 0 Å². The van der Waals surface area contributed by atoms with Gasteiger partial charge in [0.1, 0.15) is 0 Å². The monoisotopic (exact) mass is 210 g/mol. The number of amides is 1. The van der Waals surface area contributed by atoms with Gasteiger partial charge in [0.05, 0.1) is 0 Å². The van der Waals surface area contributed by atoms with Crippen LogP contribution in [0, 0.1) is 19.8 Å². The number of aromatic nitrogens is 2. The fraction of sp³-hybridized carbons (Fsp3) is 0.600. The number of H-pyrrole nitrogens is 1. The number of hydrogen-bond donors (Lipinski definition) is 3. The SMILES string of the molecule is CNCC(C)C(=O)Nc1n[nH]c(C)c1C. The number of nitrogens with zero attached hydrogens (tertiary/aromatic N) is 1. The highest BCUT2D eigenvalue weighted by molar-refractivity contribution is 5.92. The maximum Gasteiger partial charge on any atom is 0.229 e. The number of anilines is 1. The molecular formula is C10H18N4O. The topological polar surface area (TPSA) is 69.8 Å². The van der Waals surface area contributed by atoms with Gasteiger partial charge in [0.25, 0.3) is 0 Å². The van der Waals surface area contributed by atoms with Crippen molar-refractivity contribution >= 4 is 11.7 Å². The van der Waals surface area contributed by atoms with Crippen LogP contribution in [0.3, 0.4) is 0 Å². The summed E-state index contributed by atoms with van der Waals surface area (Å²) in [6, 6.07) is 0. The predicted octanol–water partition coefficient (Wildman–Crippen LogP) is 0.821. The molecular weight excluding hydrogens is 192 g/mol. The van der Waals surface area contributed by atoms with Crippen LogP contribution in [0.15, 0.2) is 0 Å². The van der Waals surface area contributed by atoms with Crippen molar-refractivity contribution in [2.45, 2.75) is 20.8 Å². The zero-order valence-corrected chi connectivity index (χ0v) is 9.64. The van der Waals surface area contributed by atoms with Crippen molar-refractivity contribution in [3.63, 3.8) is 0 Å². The number of carbonyl (C=O) groups excluding carboxylic acids is 1. The summed E-state index contributed by atoms with van der Waals surface area (Å²) >= 11 is 0. The Morgan fingerprint density at radius 1 is 1.53 bits per heavy atom. The summed E-state index contributed by atoms with van der Waals surface area (Å²) in [7, 11) is 1.83. The van der Waals surface area contributed by atoms with Crippen molar-refractivity contribution in [3.8, 4) is 0 Å². The van der Waals surface area contributed by atoms with E-state index in [0.29, 0.717) is 12.4 Å². The van der Waals surface area contributed by atoms with Gasteiger partial charge in [-0.25, -0.2) is 0 Å². The summed E-state index contributed by atoms with van der Waals surface area (Å²) in [6.07, 6.45) is 0. The first-order chi connectivity index (χ1) is 7.06. The molecule has 84 valence electrons. The molecule has 15 heavy (non-hydrogen) atoms. The molecule has 0 aliphatic carbocycles. The largest absolute Gasteiger partial charge is 0.319 e. The van der Waals surface area contributed by atoms with Gasteiger partial charge in [0, 0.05) is 23.7 Å². The number of aryl methyl sites for hydroxylation is 1. The van der Waals surface area contributed by atoms with Gasteiger partial charge >= 0.3 is 0 Å². The summed E-state index contributed by atoms with van der Waals surface area (Å²) in [5, 5.41) is 12.6. The smallest absolute Gasteiger partial charge is 0.229 e. The van der Waals surface area contributed by atoms with E-state index >= 15 is 0 Å². The minimum Gasteiger partial charge on any atom is -0.319 e. The van der Waals surface area contributed by atoms with E-state index < -0.39 is 0 Å². The minimum atomic E-state index is -0.0635. The Bertz CT molecular complexity index is 345. The second kappa shape index (κ2) is 4.93. The first-order valence-corrected chi connectivity index (χ1v) is 5.03. The molecule has 0 aliphatic rings. The normalized spacial score (nSPS) is 12.5. The molecule has 0 saturated carbocycles. The van der Waals surface area contributed by atoms with Crippen molar-refractivity contribution in [2.75, 3.05) is 18.9 Å². The second-order valence-electron chi connectivity index (χ2n) is 3.77. The van der Waals surface area contributed by atoms with Crippen LogP contribution in [0.1, 0.15) is 18.2 Å². The summed E-state index contributed by atoms with van der Waals surface area (Å²) in [4.78, 5) is 11.7. The number of hydrogen-bond acceptors (Lipinski definition) is 3. The number of nitrogens with one attached hydrogen (secondary N) is 3. The van der Waals surface area contributed by atoms with Crippen LogP contribution in [0.2, 0.25) is 0 Å². The Morgan fingerprint density at radius 3 is 2.67 bits per heavy atom. The van der Waals surface area contributed by atoms with Crippen LogP contribution in [0.25, 0.3) is 0 Å². The van der Waals surface area contributed by atoms with Gasteiger partial charge in [-0.2, -0.15) is 5.10 Å². The Balaban J connectivity index is 2.62. The molecule has 0 fully saturated rings. The highest BCUT2D eigenvalue weighted by Crippen LogP contribution is 2.14. The van der Waals surface area contributed by atoms with E-state index in [-0.39, 0.29) is 11.8 Å². The van der Waals surface area contributed by atoms with E-state index in [4.69, 9.17) is 0 Å². The fourth-order valence-corrected chi connectivity index (χ4v) is 1.25. The van der Waals surface area contributed by atoms with E-state index in [9.17, 15) is 4.79 Å². The van der Waals surface area contributed by atoms with Crippen LogP contribution in [0.5, 0.6) is 0 Å². The van der Waals surface area contributed by atoms with Crippen LogP contribution in [-0.2, 0) is 4.79 Å². The lowest BCUT2D eigenvalue weighted by Crippen LogP contribution is -2.28. The molecule has 1 heterocycles. The molecule has 1 aromatic heterocycles. The highest BCUT2D eigenvalue weighted by Gasteiger charge is 2.14. The molecule has 0 bridgehead atoms. The Hall–Kier alpha value is -1.36. The van der Waals surface area contributed by atoms with Gasteiger partial charge in [0.2, 0.25) is 5.91 Å². The molecule has 0 saturated heterocycles. The van der Waals surface area contributed by atoms with Crippen LogP contribution in [-0.4, -0.2) is 29.7 Å². The number of aromatic amines is 1. The fourth-order valence-electron chi connectivity index (χ4n) is 1.25. The van der Waals surface area contributed by atoms with Gasteiger partial charge in [-0.1, -0.05) is 6.92 Å². The summed E-state index contributed by atoms with van der Waals surface area (Å²) < 4.78 is 0. The van der Waals surface area contributed by atoms with Gasteiger partial charge in [0.15, 0.2) is 5.82 Å². The quantitative estimate of drug-likeness (QED) is 0.689. The summed E-state index contributed by atoms with van der Waals surface area (Å²) in [5.41, 5.74) is 1.96. The third kappa shape index (κ3) is 2.79. The standard InChI is InChI=1S/C10H18N4O/c1-6(5-11-4)10(15)12-9-7(2)8(3)13-14-9/h6,11H,5H2,1-4H3,(H2,12,13,14,15). The molecule has 1 amide bonds. The number of carbonyl (C=O) groups is 1. The molecule has 1 atom stereocenters. The third-order valence-corrected chi connectivity index (χ3v) is 2.45. The molecule has 0 radical (unpaired) electrons. The zero-order chi connectivity index (χ0) is 11.4. The van der Waals surface area contributed by atoms with E-state index in [1.807, 2.05) is 27.8 Å². The highest BCUT2D eigenvalue weighted by atomic mass is 16.1. The van der Waals surface area contributed by atoms with Crippen LogP contribution >= 0.6 is 0 Å². The van der Waals surface area contributed by atoms with Gasteiger partial charge < -0.3 is 10.6 Å². The minimum absolute atomic E-state index is 0.0149. The Labute approximate surface area is 89.6 Å². The lowest BCUT2D eigenvalue weighted by molar-refractivity contribution is -0.119. The van der Waals surface area contributed by atoms with E-state index in [2.05, 4.69) is 20.8 Å². The first-order valence-electron chi connectivity index (χ1n) is 5.03. The summed E-state index contributed by atoms with van der Waals surface area (Å²) in [6.45, 7) is 6.39. The van der Waals surface area contributed by atoms with Crippen molar-refractivity contribution in [2.24, 2.45) is 5.92 Å².